The molecule has 0 atom stereocenters. The molecule has 0 spiro atoms. The van der Waals surface area contributed by atoms with Crippen LogP contribution in [0.5, 0.6) is 0 Å². The highest BCUT2D eigenvalue weighted by Gasteiger charge is 2.28. The summed E-state index contributed by atoms with van der Waals surface area (Å²) in [5, 5.41) is 0. The van der Waals surface area contributed by atoms with Crippen LogP contribution in [0.3, 0.4) is 0 Å². The Balaban J connectivity index is 5.16. The molecule has 0 amide bonds. The Morgan fingerprint density at radius 1 is 0.900 bits per heavy atom. The van der Waals surface area contributed by atoms with Gasteiger partial charge in [0, 0.05) is 21.4 Å². The summed E-state index contributed by atoms with van der Waals surface area (Å²) in [7, 11) is -0.305. The monoisotopic (exact) mass is 246 g/mol. The fourth-order valence-corrected chi connectivity index (χ4v) is 8.56. The number of halogens is 2. The molecule has 0 bridgehead atoms. The molecule has 0 aliphatic rings. The Labute approximate surface area is 66.4 Å². The summed E-state index contributed by atoms with van der Waals surface area (Å²) in [6.07, 6.45) is -4.00. The largest absolute Gasteiger partial charge is 0.324 e. The molecule has 0 N–H and O–H groups in total. The minimum absolute atomic E-state index is 4.00. The minimum Gasteiger partial charge on any atom is -0.290 e. The van der Waals surface area contributed by atoms with Crippen molar-refractivity contribution < 1.29 is 21.4 Å². The number of hydrogen-bond acceptors (Lipinski definition) is 5. The van der Waals surface area contributed by atoms with Crippen molar-refractivity contribution >= 4 is 44.9 Å². The third-order valence-corrected chi connectivity index (χ3v) is 11.7. The van der Waals surface area contributed by atoms with E-state index >= 15 is 0 Å². The zero-order valence-electron chi connectivity index (χ0n) is 4.11. The second-order valence-electron chi connectivity index (χ2n) is 1.13. The van der Waals surface area contributed by atoms with E-state index in [0.717, 1.165) is 0 Å². The molecule has 5 nitrogen and oxygen atoms in total. The van der Waals surface area contributed by atoms with Crippen LogP contribution >= 0.6 is 27.6 Å². The maximum absolute atomic E-state index is 10.2. The lowest BCUT2D eigenvalue weighted by molar-refractivity contribution is 0.584. The van der Waals surface area contributed by atoms with Crippen LogP contribution in [0.1, 0.15) is 0 Å². The number of hydrogen-bond donors (Lipinski definition) is 0. The van der Waals surface area contributed by atoms with Crippen LogP contribution in [0, 0.1) is 0 Å². The van der Waals surface area contributed by atoms with Crippen LogP contribution in [-0.2, 0) is 21.9 Å². The Kier molecular flexibility index (Phi) is 3.20. The van der Waals surface area contributed by atoms with Gasteiger partial charge in [-0.05, 0) is 0 Å². The van der Waals surface area contributed by atoms with Crippen molar-refractivity contribution in [3.05, 3.63) is 0 Å². The lowest BCUT2D eigenvalue weighted by atomic mass is 15.9. The molecule has 0 unspecified atom stereocenters. The molecular weight excluding hydrogens is 246 g/mol. The highest BCUT2D eigenvalue weighted by molar-refractivity contribution is 8.88. The van der Waals surface area contributed by atoms with E-state index in [2.05, 4.69) is 21.4 Å². The molecular formula is HCl2O5PS2. The fraction of sp³-hybridized carbons (Fsp3) is 0. The lowest BCUT2D eigenvalue weighted by Gasteiger charge is -1.88. The van der Waals surface area contributed by atoms with Gasteiger partial charge in [-0.15, -0.1) is 0 Å². The van der Waals surface area contributed by atoms with E-state index in [1.54, 1.807) is 0 Å². The zero-order valence-corrected chi connectivity index (χ0v) is 8.26. The van der Waals surface area contributed by atoms with E-state index in [9.17, 15) is 21.4 Å². The molecule has 62 valence electrons. The second kappa shape index (κ2) is 2.98. The summed E-state index contributed by atoms with van der Waals surface area (Å²) in [4.78, 5) is 0. The molecule has 0 aromatic heterocycles. The number of rotatable bonds is 2. The average molecular weight is 247 g/mol. The molecule has 0 aliphatic carbocycles. The van der Waals surface area contributed by atoms with Crippen LogP contribution in [0.15, 0.2) is 0 Å². The molecule has 0 aromatic rings. The Morgan fingerprint density at radius 2 is 1.10 bits per heavy atom. The first-order valence-corrected chi connectivity index (χ1v) is 9.06. The molecule has 0 aliphatic heterocycles. The van der Waals surface area contributed by atoms with Gasteiger partial charge in [-0.25, -0.2) is 16.8 Å². The van der Waals surface area contributed by atoms with Crippen molar-refractivity contribution in [3.63, 3.8) is 0 Å². The maximum Gasteiger partial charge on any atom is 0.324 e. The van der Waals surface area contributed by atoms with Crippen molar-refractivity contribution in [2.45, 2.75) is 0 Å². The van der Waals surface area contributed by atoms with Crippen molar-refractivity contribution in [1.29, 1.82) is 0 Å². The van der Waals surface area contributed by atoms with Gasteiger partial charge in [0.25, 0.3) is 17.3 Å². The quantitative estimate of drug-likeness (QED) is 0.524. The summed E-state index contributed by atoms with van der Waals surface area (Å²) in [6, 6.07) is 0. The molecule has 0 saturated heterocycles. The summed E-state index contributed by atoms with van der Waals surface area (Å²) < 4.78 is 50.3. The summed E-state index contributed by atoms with van der Waals surface area (Å²) in [6.45, 7) is 0. The third-order valence-electron chi connectivity index (χ3n) is 0.398. The van der Waals surface area contributed by atoms with Crippen LogP contribution in [0.2, 0.25) is 0 Å². The Bertz CT molecular complexity index is 300. The van der Waals surface area contributed by atoms with Crippen LogP contribution in [0.25, 0.3) is 0 Å². The van der Waals surface area contributed by atoms with E-state index < -0.39 is 23.5 Å². The molecule has 10 heavy (non-hydrogen) atoms. The first-order chi connectivity index (χ1) is 4.15. The van der Waals surface area contributed by atoms with Gasteiger partial charge in [-0.2, -0.15) is 0 Å². The second-order valence-corrected chi connectivity index (χ2v) is 13.6. The molecule has 0 aromatic carbocycles. The molecule has 10 heteroatoms. The van der Waals surface area contributed by atoms with E-state index in [1.165, 1.54) is 0 Å². The maximum atomic E-state index is 10.2. The predicted octanol–water partition coefficient (Wildman–Crippen LogP) is 0.513. The SMILES string of the molecule is O=[PH](S(=O)(=O)Cl)S(=O)(=O)Cl. The first kappa shape index (κ1) is 10.7. The third kappa shape index (κ3) is 3.21. The van der Waals surface area contributed by atoms with Crippen molar-refractivity contribution in [2.75, 3.05) is 0 Å². The normalized spacial score (nSPS) is 13.9. The standard InChI is InChI=1S/Cl2HO5PS2/c1-9(4,5)8(3)10(2,6)7/h8H. The molecule has 0 radical (unpaired) electrons. The fourth-order valence-electron chi connectivity index (χ4n) is 0.119. The highest BCUT2D eigenvalue weighted by atomic mass is 35.8. The van der Waals surface area contributed by atoms with Gasteiger partial charge in [0.1, 0.15) is 0 Å². The van der Waals surface area contributed by atoms with Gasteiger partial charge in [0.05, 0.1) is 0 Å². The topological polar surface area (TPSA) is 85.3 Å². The van der Waals surface area contributed by atoms with Gasteiger partial charge in [-0.1, -0.05) is 0 Å². The van der Waals surface area contributed by atoms with Gasteiger partial charge < -0.3 is 0 Å². The van der Waals surface area contributed by atoms with Gasteiger partial charge in [0.2, 0.25) is 0 Å². The van der Waals surface area contributed by atoms with Crippen LogP contribution in [-0.4, -0.2) is 16.8 Å². The molecule has 0 saturated carbocycles. The Hall–Kier alpha value is 0.710. The van der Waals surface area contributed by atoms with Crippen LogP contribution in [0.4, 0.5) is 0 Å². The summed E-state index contributed by atoms with van der Waals surface area (Å²) >= 11 is 0. The van der Waals surface area contributed by atoms with Gasteiger partial charge >= 0.3 is 6.20 Å². The van der Waals surface area contributed by atoms with Crippen molar-refractivity contribution in [2.24, 2.45) is 0 Å². The van der Waals surface area contributed by atoms with E-state index in [1.807, 2.05) is 0 Å². The highest BCUT2D eigenvalue weighted by Crippen LogP contribution is 2.42. The zero-order chi connectivity index (χ0) is 8.58. The van der Waals surface area contributed by atoms with E-state index in [4.69, 9.17) is 0 Å². The summed E-state index contributed by atoms with van der Waals surface area (Å²) in [5.41, 5.74) is 0. The smallest absolute Gasteiger partial charge is 0.290 e. The van der Waals surface area contributed by atoms with E-state index in [-0.39, 0.29) is 0 Å². The molecule has 0 heterocycles. The summed E-state index contributed by atoms with van der Waals surface area (Å²) in [5.74, 6) is 0. The van der Waals surface area contributed by atoms with Crippen molar-refractivity contribution in [3.8, 4) is 0 Å². The van der Waals surface area contributed by atoms with Gasteiger partial charge in [-0.3, -0.25) is 4.57 Å². The molecule has 0 fully saturated rings. The Morgan fingerprint density at radius 3 is 1.10 bits per heavy atom. The minimum atomic E-state index is -4.56. The molecule has 0 rings (SSSR count). The van der Waals surface area contributed by atoms with Crippen molar-refractivity contribution in [1.82, 2.24) is 0 Å². The van der Waals surface area contributed by atoms with Gasteiger partial charge in [0.15, 0.2) is 0 Å². The van der Waals surface area contributed by atoms with Crippen LogP contribution < -0.4 is 0 Å². The van der Waals surface area contributed by atoms with E-state index in [0.29, 0.717) is 0 Å². The lowest BCUT2D eigenvalue weighted by Crippen LogP contribution is -1.86. The first-order valence-electron chi connectivity index (χ1n) is 1.59. The average Bonchev–Trinajstić information content (AvgIpc) is 1.59. The predicted molar refractivity (Wildman–Crippen MR) is 38.5 cm³/mol.